The van der Waals surface area contributed by atoms with E-state index in [1.165, 1.54) is 12.1 Å². The number of nitrogens with zero attached hydrogens (tertiary/aromatic N) is 5. The zero-order valence-electron chi connectivity index (χ0n) is 32.4. The van der Waals surface area contributed by atoms with Gasteiger partial charge < -0.3 is 20.3 Å². The van der Waals surface area contributed by atoms with E-state index >= 15 is 0 Å². The lowest BCUT2D eigenvalue weighted by Crippen LogP contribution is -2.52. The van der Waals surface area contributed by atoms with E-state index in [-0.39, 0.29) is 53.5 Å². The number of carbonyl (C=O) groups is 4. The van der Waals surface area contributed by atoms with Crippen LogP contribution in [0.4, 0.5) is 10.2 Å². The summed E-state index contributed by atoms with van der Waals surface area (Å²) in [4.78, 5) is 58.1. The Morgan fingerprint density at radius 3 is 2.52 bits per heavy atom. The molecular formula is C43H48Cl2FN7O5. The van der Waals surface area contributed by atoms with Gasteiger partial charge in [0.05, 0.1) is 23.9 Å². The van der Waals surface area contributed by atoms with Gasteiger partial charge in [-0.1, -0.05) is 61.0 Å². The molecule has 3 aliphatic rings. The molecule has 306 valence electrons. The van der Waals surface area contributed by atoms with Crippen LogP contribution in [0, 0.1) is 5.82 Å². The molecule has 4 amide bonds. The maximum Gasteiger partial charge on any atom is 0.255 e. The van der Waals surface area contributed by atoms with Crippen LogP contribution in [0.15, 0.2) is 55.0 Å². The number of nitrogens with one attached hydrogen (secondary N) is 1. The van der Waals surface area contributed by atoms with Gasteiger partial charge in [0, 0.05) is 73.0 Å². The van der Waals surface area contributed by atoms with Crippen LogP contribution in [0.3, 0.4) is 0 Å². The minimum absolute atomic E-state index is 0.0210. The maximum absolute atomic E-state index is 13.9. The van der Waals surface area contributed by atoms with Crippen LogP contribution in [-0.2, 0) is 33.8 Å². The Morgan fingerprint density at radius 2 is 1.72 bits per heavy atom. The fraction of sp³-hybridized carbons (Fsp3) is 0.442. The number of ether oxygens (including phenoxy) is 1. The number of nitrogens with two attached hydrogens (primary N) is 1. The average molecular weight is 833 g/mol. The smallest absolute Gasteiger partial charge is 0.255 e. The summed E-state index contributed by atoms with van der Waals surface area (Å²) in [6.45, 7) is 1.97. The fourth-order valence-corrected chi connectivity index (χ4v) is 8.76. The van der Waals surface area contributed by atoms with Crippen molar-refractivity contribution >= 4 is 52.6 Å². The SMILES string of the molecule is Nc1ncc(-c2cnn(C3CCN(C(=O)CCCCCCCCc4cccc5c4CN([C@@H]4CCC(=O)NC4=O)C5=O)CC3)c2)cc1OCCc1c(Cl)ccc(F)c1Cl. The highest BCUT2D eigenvalue weighted by Gasteiger charge is 2.39. The fourth-order valence-electron chi connectivity index (χ4n) is 8.20. The first kappa shape index (κ1) is 41.2. The van der Waals surface area contributed by atoms with Crippen LogP contribution in [-0.4, -0.2) is 73.9 Å². The summed E-state index contributed by atoms with van der Waals surface area (Å²) >= 11 is 12.3. The molecule has 0 spiro atoms. The van der Waals surface area contributed by atoms with Crippen molar-refractivity contribution in [2.24, 2.45) is 0 Å². The van der Waals surface area contributed by atoms with Crippen molar-refractivity contribution in [1.82, 2.24) is 29.9 Å². The first-order valence-electron chi connectivity index (χ1n) is 20.2. The Bertz CT molecular complexity index is 2170. The third-order valence-corrected chi connectivity index (χ3v) is 12.3. The molecule has 12 nitrogen and oxygen atoms in total. The molecule has 5 heterocycles. The molecule has 0 aliphatic carbocycles. The van der Waals surface area contributed by atoms with Gasteiger partial charge in [0.2, 0.25) is 17.7 Å². The highest BCUT2D eigenvalue weighted by atomic mass is 35.5. The van der Waals surface area contributed by atoms with E-state index in [4.69, 9.17) is 33.7 Å². The minimum atomic E-state index is -0.603. The first-order chi connectivity index (χ1) is 28.1. The molecule has 0 radical (unpaired) electrons. The van der Waals surface area contributed by atoms with Crippen molar-refractivity contribution in [3.05, 3.63) is 93.1 Å². The number of nitrogen functional groups attached to an aromatic ring is 1. The van der Waals surface area contributed by atoms with Crippen molar-refractivity contribution < 1.29 is 28.3 Å². The number of aryl methyl sites for hydroxylation is 1. The topological polar surface area (TPSA) is 153 Å². The molecule has 3 N–H and O–H groups in total. The third kappa shape index (κ3) is 9.47. The van der Waals surface area contributed by atoms with Gasteiger partial charge >= 0.3 is 0 Å². The molecule has 2 aromatic heterocycles. The Balaban J connectivity index is 0.787. The van der Waals surface area contributed by atoms with Crippen molar-refractivity contribution in [3.8, 4) is 16.9 Å². The summed E-state index contributed by atoms with van der Waals surface area (Å²) in [5, 5.41) is 7.34. The number of pyridine rings is 1. The van der Waals surface area contributed by atoms with Crippen molar-refractivity contribution in [2.45, 2.75) is 102 Å². The Hall–Kier alpha value is -5.01. The average Bonchev–Trinajstić information content (AvgIpc) is 3.85. The molecule has 4 aromatic rings. The first-order valence-corrected chi connectivity index (χ1v) is 20.9. The highest BCUT2D eigenvalue weighted by molar-refractivity contribution is 6.36. The van der Waals surface area contributed by atoms with Crippen molar-refractivity contribution in [3.63, 3.8) is 0 Å². The van der Waals surface area contributed by atoms with Gasteiger partial charge in [0.1, 0.15) is 11.9 Å². The number of benzene rings is 2. The largest absolute Gasteiger partial charge is 0.489 e. The second-order valence-corrected chi connectivity index (χ2v) is 16.1. The lowest BCUT2D eigenvalue weighted by molar-refractivity contribution is -0.137. The lowest BCUT2D eigenvalue weighted by Gasteiger charge is -2.32. The van der Waals surface area contributed by atoms with E-state index in [1.807, 2.05) is 27.9 Å². The molecule has 3 aliphatic heterocycles. The van der Waals surface area contributed by atoms with Gasteiger partial charge in [-0.15, -0.1) is 0 Å². The predicted molar refractivity (Wildman–Crippen MR) is 219 cm³/mol. The number of fused-ring (bicyclic) bond motifs is 1. The number of hydrogen-bond donors (Lipinski definition) is 2. The molecule has 0 bridgehead atoms. The summed E-state index contributed by atoms with van der Waals surface area (Å²) in [5.74, 6) is -0.512. The summed E-state index contributed by atoms with van der Waals surface area (Å²) < 4.78 is 21.8. The molecule has 0 unspecified atom stereocenters. The second-order valence-electron chi connectivity index (χ2n) is 15.3. The number of unbranched alkanes of at least 4 members (excludes halogenated alkanes) is 5. The standard InChI is InChI=1S/C43H48Cl2FN7O5/c44-34-12-13-35(46)40(45)32(34)18-21-58-37-22-28(23-48-41(37)47)29-24-49-53(25-29)30-16-19-51(20-17-30)39(55)11-6-4-2-1-3-5-8-27-9-7-10-31-33(27)26-52(43(31)57)36-14-15-38(54)50-42(36)56/h7,9-10,12-13,22-25,30,36H,1-6,8,11,14-21,26H2,(H2,47,48)(H,50,54,56)/t36-/m1/s1. The molecule has 15 heteroatoms. The summed E-state index contributed by atoms with van der Waals surface area (Å²) in [6, 6.07) is 9.89. The van der Waals surface area contributed by atoms with E-state index in [0.717, 1.165) is 80.0 Å². The van der Waals surface area contributed by atoms with Crippen LogP contribution in [0.5, 0.6) is 5.75 Å². The number of piperidine rings is 2. The third-order valence-electron chi connectivity index (χ3n) is 11.5. The predicted octanol–water partition coefficient (Wildman–Crippen LogP) is 7.49. The van der Waals surface area contributed by atoms with Crippen LogP contribution >= 0.6 is 23.2 Å². The zero-order valence-corrected chi connectivity index (χ0v) is 33.9. The molecule has 2 aromatic carbocycles. The molecule has 1 atom stereocenters. The van der Waals surface area contributed by atoms with Gasteiger partial charge in [-0.25, -0.2) is 9.37 Å². The summed E-state index contributed by atoms with van der Waals surface area (Å²) in [5.41, 5.74) is 11.0. The quantitative estimate of drug-likeness (QED) is 0.0670. The number of rotatable bonds is 16. The summed E-state index contributed by atoms with van der Waals surface area (Å²) in [7, 11) is 0. The molecule has 2 saturated heterocycles. The maximum atomic E-state index is 13.9. The van der Waals surface area contributed by atoms with E-state index < -0.39 is 11.9 Å². The monoisotopic (exact) mass is 831 g/mol. The van der Waals surface area contributed by atoms with E-state index in [9.17, 15) is 23.6 Å². The van der Waals surface area contributed by atoms with Crippen LogP contribution in [0.1, 0.15) is 104 Å². The molecule has 2 fully saturated rings. The van der Waals surface area contributed by atoms with Gasteiger partial charge in [-0.3, -0.25) is 29.2 Å². The number of likely N-dealkylation sites (tertiary alicyclic amines) is 1. The number of anilines is 1. The molecule has 58 heavy (non-hydrogen) atoms. The summed E-state index contributed by atoms with van der Waals surface area (Å²) in [6.07, 6.45) is 15.5. The van der Waals surface area contributed by atoms with Gasteiger partial charge in [0.15, 0.2) is 11.6 Å². The Kier molecular flexibility index (Phi) is 13.3. The normalized spacial score (nSPS) is 17.2. The minimum Gasteiger partial charge on any atom is -0.489 e. The number of halogens is 3. The number of imide groups is 1. The van der Waals surface area contributed by atoms with E-state index in [1.54, 1.807) is 23.4 Å². The van der Waals surface area contributed by atoms with E-state index in [2.05, 4.69) is 21.5 Å². The lowest BCUT2D eigenvalue weighted by atomic mass is 9.98. The van der Waals surface area contributed by atoms with Crippen LogP contribution in [0.2, 0.25) is 10.0 Å². The van der Waals surface area contributed by atoms with Gasteiger partial charge in [-0.05, 0) is 79.5 Å². The molecule has 0 saturated carbocycles. The van der Waals surface area contributed by atoms with Gasteiger partial charge in [-0.2, -0.15) is 5.10 Å². The second kappa shape index (κ2) is 18.7. The number of hydrogen-bond acceptors (Lipinski definition) is 8. The zero-order chi connectivity index (χ0) is 40.8. The molecular weight excluding hydrogens is 784 g/mol. The van der Waals surface area contributed by atoms with Gasteiger partial charge in [0.25, 0.3) is 5.91 Å². The number of carbonyl (C=O) groups excluding carboxylic acids is 4. The Labute approximate surface area is 347 Å². The van der Waals surface area contributed by atoms with Crippen molar-refractivity contribution in [2.75, 3.05) is 25.4 Å². The number of amides is 4. The Morgan fingerprint density at radius 1 is 0.948 bits per heavy atom. The van der Waals surface area contributed by atoms with Crippen molar-refractivity contribution in [1.29, 1.82) is 0 Å². The highest BCUT2D eigenvalue weighted by Crippen LogP contribution is 2.33. The molecule has 7 rings (SSSR count). The van der Waals surface area contributed by atoms with Crippen LogP contribution in [0.25, 0.3) is 11.1 Å². The van der Waals surface area contributed by atoms with E-state index in [0.29, 0.717) is 60.8 Å². The number of aromatic nitrogens is 3. The van der Waals surface area contributed by atoms with Crippen LogP contribution < -0.4 is 15.8 Å².